The van der Waals surface area contributed by atoms with Crippen molar-refractivity contribution >= 4 is 15.7 Å². The lowest BCUT2D eigenvalue weighted by Gasteiger charge is -2.32. The average Bonchev–Trinajstić information content (AvgIpc) is 2.82. The molecule has 6 nitrogen and oxygen atoms in total. The van der Waals surface area contributed by atoms with Gasteiger partial charge in [0.2, 0.25) is 0 Å². The number of nitrogen functional groups attached to an aromatic ring is 1. The van der Waals surface area contributed by atoms with Gasteiger partial charge in [-0.2, -0.15) is 0 Å². The maximum atomic E-state index is 12.4. The van der Waals surface area contributed by atoms with Crippen LogP contribution in [0.4, 0.5) is 5.69 Å². The normalized spacial score (nSPS) is 27.4. The van der Waals surface area contributed by atoms with Crippen molar-refractivity contribution in [2.24, 2.45) is 0 Å². The summed E-state index contributed by atoms with van der Waals surface area (Å²) in [5.41, 5.74) is 5.91. The Morgan fingerprint density at radius 3 is 2.95 bits per heavy atom. The monoisotopic (exact) mass is 296 g/mol. The average molecular weight is 296 g/mol. The molecule has 1 aromatic rings. The predicted octanol–water partition coefficient (Wildman–Crippen LogP) is 0.569. The summed E-state index contributed by atoms with van der Waals surface area (Å²) in [6.07, 6.45) is 5.75. The van der Waals surface area contributed by atoms with Gasteiger partial charge in [0.1, 0.15) is 0 Å². The Balaban J connectivity index is 1.79. The summed E-state index contributed by atoms with van der Waals surface area (Å²) >= 11 is 0. The number of aromatic nitrogens is 1. The zero-order chi connectivity index (χ0) is 14.2. The molecule has 0 saturated carbocycles. The largest absolute Gasteiger partial charge is 0.396 e. The van der Waals surface area contributed by atoms with Gasteiger partial charge >= 0.3 is 0 Å². The first-order chi connectivity index (χ1) is 9.58. The van der Waals surface area contributed by atoms with Crippen LogP contribution in [-0.4, -0.2) is 43.5 Å². The van der Waals surface area contributed by atoms with Gasteiger partial charge in [-0.05, 0) is 37.9 Å². The van der Waals surface area contributed by atoms with Crippen LogP contribution in [0.1, 0.15) is 25.7 Å². The number of nitrogens with two attached hydrogens (primary N) is 1. The Hall–Kier alpha value is -1.18. The van der Waals surface area contributed by atoms with Crippen LogP contribution in [0.15, 0.2) is 23.4 Å². The summed E-state index contributed by atoms with van der Waals surface area (Å²) in [6.45, 7) is 2.05. The van der Waals surface area contributed by atoms with Gasteiger partial charge in [0.05, 0.1) is 5.69 Å². The lowest BCUT2D eigenvalue weighted by Crippen LogP contribution is -2.46. The molecule has 3 rings (SSSR count). The number of pyridine rings is 1. The minimum atomic E-state index is -3.64. The Labute approximate surface area is 119 Å². The number of sulfonamides is 1. The number of hydrogen-bond donors (Lipinski definition) is 2. The van der Waals surface area contributed by atoms with Crippen LogP contribution >= 0.6 is 0 Å². The molecule has 2 saturated heterocycles. The molecule has 2 aliphatic rings. The van der Waals surface area contributed by atoms with E-state index in [1.54, 1.807) is 12.1 Å². The molecule has 2 unspecified atom stereocenters. The molecule has 0 amide bonds. The third-order valence-electron chi connectivity index (χ3n) is 4.22. The maximum Gasteiger partial charge on any atom is 0.260 e. The second kappa shape index (κ2) is 5.31. The number of piperidine rings is 1. The lowest BCUT2D eigenvalue weighted by molar-refractivity contribution is 0.186. The van der Waals surface area contributed by atoms with Crippen LogP contribution in [0.2, 0.25) is 0 Å². The fraction of sp³-hybridized carbons (Fsp3) is 0.615. The van der Waals surface area contributed by atoms with Gasteiger partial charge in [-0.15, -0.1) is 0 Å². The Morgan fingerprint density at radius 1 is 1.30 bits per heavy atom. The maximum absolute atomic E-state index is 12.4. The molecule has 20 heavy (non-hydrogen) atoms. The van der Waals surface area contributed by atoms with E-state index in [1.165, 1.54) is 19.0 Å². The van der Waals surface area contributed by atoms with E-state index < -0.39 is 10.0 Å². The molecule has 2 atom stereocenters. The molecule has 7 heteroatoms. The smallest absolute Gasteiger partial charge is 0.260 e. The molecule has 0 bridgehead atoms. The Kier molecular flexibility index (Phi) is 3.66. The number of nitrogens with zero attached hydrogens (tertiary/aromatic N) is 2. The second-order valence-electron chi connectivity index (χ2n) is 5.51. The molecule has 2 aliphatic heterocycles. The molecule has 1 aromatic heterocycles. The first-order valence-corrected chi connectivity index (χ1v) is 8.53. The molecule has 0 aromatic carbocycles. The predicted molar refractivity (Wildman–Crippen MR) is 76.6 cm³/mol. The zero-order valence-corrected chi connectivity index (χ0v) is 12.1. The van der Waals surface area contributed by atoms with Crippen molar-refractivity contribution in [3.8, 4) is 0 Å². The van der Waals surface area contributed by atoms with E-state index in [0.717, 1.165) is 25.9 Å². The Morgan fingerprint density at radius 2 is 2.15 bits per heavy atom. The topological polar surface area (TPSA) is 88.3 Å². The zero-order valence-electron chi connectivity index (χ0n) is 11.3. The first-order valence-electron chi connectivity index (χ1n) is 7.05. The standard InChI is InChI=1S/C13H20N4O2S/c14-10-4-3-7-15-13(10)20(18,19)16-11-6-9-17-8-2-1-5-12(11)17/h3-4,7,11-12,16H,1-2,5-6,8-9,14H2. The molecule has 3 N–H and O–H groups in total. The second-order valence-corrected chi connectivity index (χ2v) is 7.14. The number of anilines is 1. The van der Waals surface area contributed by atoms with Gasteiger partial charge in [0, 0.05) is 24.8 Å². The summed E-state index contributed by atoms with van der Waals surface area (Å²) in [6, 6.07) is 3.49. The SMILES string of the molecule is Nc1cccnc1S(=O)(=O)NC1CCN2CCCCC12. The minimum Gasteiger partial charge on any atom is -0.396 e. The number of hydrogen-bond acceptors (Lipinski definition) is 5. The van der Waals surface area contributed by atoms with E-state index >= 15 is 0 Å². The van der Waals surface area contributed by atoms with Crippen LogP contribution in [0, 0.1) is 0 Å². The number of fused-ring (bicyclic) bond motifs is 1. The van der Waals surface area contributed by atoms with Crippen molar-refractivity contribution in [1.82, 2.24) is 14.6 Å². The molecule has 2 fully saturated rings. The molecular formula is C13H20N4O2S. The highest BCUT2D eigenvalue weighted by atomic mass is 32.2. The van der Waals surface area contributed by atoms with Crippen molar-refractivity contribution in [2.75, 3.05) is 18.8 Å². The van der Waals surface area contributed by atoms with Gasteiger partial charge in [0.25, 0.3) is 10.0 Å². The van der Waals surface area contributed by atoms with E-state index in [0.29, 0.717) is 6.04 Å². The molecule has 0 radical (unpaired) electrons. The number of nitrogens with one attached hydrogen (secondary N) is 1. The van der Waals surface area contributed by atoms with E-state index in [9.17, 15) is 8.42 Å². The van der Waals surface area contributed by atoms with Crippen LogP contribution in [-0.2, 0) is 10.0 Å². The Bertz CT molecular complexity index is 590. The van der Waals surface area contributed by atoms with Crippen molar-refractivity contribution < 1.29 is 8.42 Å². The summed E-state index contributed by atoms with van der Waals surface area (Å²) in [7, 11) is -3.64. The van der Waals surface area contributed by atoms with Gasteiger partial charge in [-0.25, -0.2) is 18.1 Å². The molecule has 0 spiro atoms. The summed E-state index contributed by atoms with van der Waals surface area (Å²) in [5.74, 6) is 0. The lowest BCUT2D eigenvalue weighted by atomic mass is 10.00. The summed E-state index contributed by atoms with van der Waals surface area (Å²) in [4.78, 5) is 6.29. The fourth-order valence-corrected chi connectivity index (χ4v) is 4.63. The molecular weight excluding hydrogens is 276 g/mol. The fourth-order valence-electron chi connectivity index (χ4n) is 3.27. The van der Waals surface area contributed by atoms with Crippen LogP contribution in [0.5, 0.6) is 0 Å². The first kappa shape index (κ1) is 13.8. The highest BCUT2D eigenvalue weighted by Crippen LogP contribution is 2.28. The summed E-state index contributed by atoms with van der Waals surface area (Å²) in [5, 5.41) is -0.0609. The van der Waals surface area contributed by atoms with E-state index in [4.69, 9.17) is 5.73 Å². The van der Waals surface area contributed by atoms with Gasteiger partial charge in [-0.1, -0.05) is 6.42 Å². The number of rotatable bonds is 3. The van der Waals surface area contributed by atoms with Crippen molar-refractivity contribution in [3.05, 3.63) is 18.3 Å². The van der Waals surface area contributed by atoms with E-state index in [2.05, 4.69) is 14.6 Å². The van der Waals surface area contributed by atoms with Crippen LogP contribution < -0.4 is 10.5 Å². The van der Waals surface area contributed by atoms with Crippen molar-refractivity contribution in [3.63, 3.8) is 0 Å². The van der Waals surface area contributed by atoms with E-state index in [1.807, 2.05) is 0 Å². The highest BCUT2D eigenvalue weighted by Gasteiger charge is 2.38. The highest BCUT2D eigenvalue weighted by molar-refractivity contribution is 7.89. The van der Waals surface area contributed by atoms with Gasteiger partial charge in [0.15, 0.2) is 5.03 Å². The third-order valence-corrected chi connectivity index (χ3v) is 5.68. The summed E-state index contributed by atoms with van der Waals surface area (Å²) < 4.78 is 27.6. The minimum absolute atomic E-state index is 0.0262. The molecule has 110 valence electrons. The molecule has 3 heterocycles. The van der Waals surface area contributed by atoms with E-state index in [-0.39, 0.29) is 16.8 Å². The quantitative estimate of drug-likeness (QED) is 0.851. The van der Waals surface area contributed by atoms with Crippen molar-refractivity contribution in [2.45, 2.75) is 42.8 Å². The molecule has 0 aliphatic carbocycles. The van der Waals surface area contributed by atoms with Crippen LogP contribution in [0.3, 0.4) is 0 Å². The van der Waals surface area contributed by atoms with Crippen molar-refractivity contribution in [1.29, 1.82) is 0 Å². The third kappa shape index (κ3) is 2.53. The van der Waals surface area contributed by atoms with Crippen LogP contribution in [0.25, 0.3) is 0 Å². The van der Waals surface area contributed by atoms with Gasteiger partial charge in [-0.3, -0.25) is 4.90 Å². The van der Waals surface area contributed by atoms with Gasteiger partial charge < -0.3 is 5.73 Å².